The molecule has 0 bridgehead atoms. The Morgan fingerprint density at radius 3 is 1.17 bits per heavy atom. The molecule has 14 heteroatoms. The van der Waals surface area contributed by atoms with E-state index in [9.17, 15) is 45.6 Å². The molecule has 0 spiro atoms. The highest BCUT2D eigenvalue weighted by atomic mass is 16.7. The van der Waals surface area contributed by atoms with Crippen LogP contribution < -0.4 is 5.32 Å². The first-order valence-electron chi connectivity index (χ1n) is 34.9. The smallest absolute Gasteiger partial charge is 0.220 e. The third-order valence-corrected chi connectivity index (χ3v) is 17.0. The number of hydrogen-bond donors (Lipinski definition) is 9. The second-order valence-corrected chi connectivity index (χ2v) is 24.6. The van der Waals surface area contributed by atoms with Gasteiger partial charge in [0.2, 0.25) is 5.91 Å². The van der Waals surface area contributed by atoms with Crippen LogP contribution in [-0.4, -0.2) is 140 Å². The lowest BCUT2D eigenvalue weighted by Gasteiger charge is -2.46. The zero-order valence-corrected chi connectivity index (χ0v) is 53.4. The summed E-state index contributed by atoms with van der Waals surface area (Å²) < 4.78 is 22.8. The quantitative estimate of drug-likeness (QED) is 0.0204. The number of carbonyl (C=O) groups excluding carboxylic acids is 1. The van der Waals surface area contributed by atoms with Gasteiger partial charge in [0, 0.05) is 6.42 Å². The van der Waals surface area contributed by atoms with E-state index in [1.807, 2.05) is 6.08 Å². The highest BCUT2D eigenvalue weighted by Crippen LogP contribution is 2.30. The topological polar surface area (TPSA) is 228 Å². The van der Waals surface area contributed by atoms with Crippen LogP contribution in [0.1, 0.15) is 296 Å². The Bertz CT molecular complexity index is 1590. The molecule has 2 heterocycles. The molecular formula is C70H129NO13. The zero-order valence-electron chi connectivity index (χ0n) is 53.4. The molecule has 2 saturated heterocycles. The minimum Gasteiger partial charge on any atom is -0.394 e. The SMILES string of the molecule is CCCCCCCC/C=C\CCCCCCCCCC(=O)NC(COC1OC(CO)C(OC2OC(CO)C(O)C(O)C2O)C(O)C1O)C(O)/C=C/CC/C=C/CC/C=C/CCCCCCCCCCCCCCCCCCCCCCCCC. The minimum absolute atomic E-state index is 0.256. The van der Waals surface area contributed by atoms with Crippen molar-refractivity contribution in [2.45, 2.75) is 370 Å². The Labute approximate surface area is 512 Å². The highest BCUT2D eigenvalue weighted by molar-refractivity contribution is 5.76. The van der Waals surface area contributed by atoms with E-state index >= 15 is 0 Å². The van der Waals surface area contributed by atoms with Gasteiger partial charge in [0.1, 0.15) is 48.8 Å². The summed E-state index contributed by atoms with van der Waals surface area (Å²) in [4.78, 5) is 13.3. The highest BCUT2D eigenvalue weighted by Gasteiger charge is 2.51. The van der Waals surface area contributed by atoms with Crippen molar-refractivity contribution in [3.63, 3.8) is 0 Å². The predicted molar refractivity (Wildman–Crippen MR) is 341 cm³/mol. The second-order valence-electron chi connectivity index (χ2n) is 24.6. The van der Waals surface area contributed by atoms with Gasteiger partial charge in [-0.15, -0.1) is 0 Å². The molecule has 12 unspecified atom stereocenters. The number of amides is 1. The molecule has 492 valence electrons. The maximum absolute atomic E-state index is 13.3. The van der Waals surface area contributed by atoms with Crippen LogP contribution in [0.15, 0.2) is 48.6 Å². The van der Waals surface area contributed by atoms with E-state index < -0.39 is 86.8 Å². The Morgan fingerprint density at radius 2 is 0.762 bits per heavy atom. The lowest BCUT2D eigenvalue weighted by Crippen LogP contribution is -2.65. The molecule has 1 amide bonds. The molecule has 0 aromatic rings. The van der Waals surface area contributed by atoms with Gasteiger partial charge >= 0.3 is 0 Å². The van der Waals surface area contributed by atoms with E-state index in [1.165, 1.54) is 212 Å². The van der Waals surface area contributed by atoms with Crippen molar-refractivity contribution in [3.8, 4) is 0 Å². The van der Waals surface area contributed by atoms with Crippen molar-refractivity contribution in [2.75, 3.05) is 19.8 Å². The van der Waals surface area contributed by atoms with E-state index in [0.29, 0.717) is 12.8 Å². The number of allylic oxidation sites excluding steroid dienone is 7. The van der Waals surface area contributed by atoms with E-state index in [2.05, 4.69) is 55.6 Å². The molecule has 0 radical (unpaired) electrons. The van der Waals surface area contributed by atoms with Crippen LogP contribution in [0.2, 0.25) is 0 Å². The Hall–Kier alpha value is -2.05. The van der Waals surface area contributed by atoms with Crippen molar-refractivity contribution in [3.05, 3.63) is 48.6 Å². The first-order valence-corrected chi connectivity index (χ1v) is 34.9. The van der Waals surface area contributed by atoms with Crippen molar-refractivity contribution in [1.29, 1.82) is 0 Å². The molecule has 84 heavy (non-hydrogen) atoms. The van der Waals surface area contributed by atoms with Crippen LogP contribution in [0.3, 0.4) is 0 Å². The van der Waals surface area contributed by atoms with Crippen LogP contribution in [0.25, 0.3) is 0 Å². The van der Waals surface area contributed by atoms with Gasteiger partial charge in [-0.25, -0.2) is 0 Å². The molecule has 14 nitrogen and oxygen atoms in total. The summed E-state index contributed by atoms with van der Waals surface area (Å²) in [6.07, 6.45) is 54.7. The third kappa shape index (κ3) is 39.1. The van der Waals surface area contributed by atoms with Gasteiger partial charge in [-0.3, -0.25) is 4.79 Å². The molecule has 2 rings (SSSR count). The molecule has 2 aliphatic rings. The van der Waals surface area contributed by atoms with Gasteiger partial charge in [-0.1, -0.05) is 268 Å². The number of nitrogens with one attached hydrogen (secondary N) is 1. The summed E-state index contributed by atoms with van der Waals surface area (Å²) in [5.41, 5.74) is 0. The maximum atomic E-state index is 13.3. The predicted octanol–water partition coefficient (Wildman–Crippen LogP) is 13.9. The number of unbranched alkanes of at least 4 members (excludes halogenated alkanes) is 38. The van der Waals surface area contributed by atoms with E-state index in [1.54, 1.807) is 6.08 Å². The first kappa shape index (κ1) is 78.0. The number of rotatable bonds is 57. The summed E-state index contributed by atoms with van der Waals surface area (Å²) in [7, 11) is 0. The van der Waals surface area contributed by atoms with E-state index in [0.717, 1.165) is 51.4 Å². The summed E-state index contributed by atoms with van der Waals surface area (Å²) in [5.74, 6) is -0.256. The monoisotopic (exact) mass is 1190 g/mol. The molecule has 2 aliphatic heterocycles. The van der Waals surface area contributed by atoms with Crippen molar-refractivity contribution in [1.82, 2.24) is 5.32 Å². The molecule has 0 aliphatic carbocycles. The van der Waals surface area contributed by atoms with Crippen molar-refractivity contribution in [2.24, 2.45) is 0 Å². The van der Waals surface area contributed by atoms with Crippen LogP contribution in [0.5, 0.6) is 0 Å². The van der Waals surface area contributed by atoms with Gasteiger partial charge in [0.15, 0.2) is 12.6 Å². The molecule has 0 aromatic heterocycles. The molecular weight excluding hydrogens is 1060 g/mol. The maximum Gasteiger partial charge on any atom is 0.220 e. The average molecular weight is 1190 g/mol. The fraction of sp³-hybridized carbons (Fsp3) is 0.871. The third-order valence-electron chi connectivity index (χ3n) is 17.0. The number of ether oxygens (including phenoxy) is 4. The lowest BCUT2D eigenvalue weighted by atomic mass is 9.97. The summed E-state index contributed by atoms with van der Waals surface area (Å²) >= 11 is 0. The van der Waals surface area contributed by atoms with Crippen LogP contribution in [-0.2, 0) is 23.7 Å². The lowest BCUT2D eigenvalue weighted by molar-refractivity contribution is -0.359. The van der Waals surface area contributed by atoms with Gasteiger partial charge < -0.3 is 65.1 Å². The van der Waals surface area contributed by atoms with Gasteiger partial charge in [-0.05, 0) is 70.6 Å². The number of carbonyl (C=O) groups is 1. The Morgan fingerprint density at radius 1 is 0.417 bits per heavy atom. The zero-order chi connectivity index (χ0) is 60.9. The second kappa shape index (κ2) is 55.1. The summed E-state index contributed by atoms with van der Waals surface area (Å²) in [5, 5.41) is 87.3. The van der Waals surface area contributed by atoms with Gasteiger partial charge in [0.25, 0.3) is 0 Å². The standard InChI is InChI=1S/C70H129NO13/c1-3-5-7-9-11-13-15-17-19-21-22-23-24-25-26-27-28-29-30-31-32-33-34-35-36-38-39-41-43-45-47-49-51-53-59(74)58(71-62(75)54-52-50-48-46-44-42-40-37-20-18-16-14-12-10-8-6-4-2)57-81-69-67(80)65(78)68(61(56-73)83-69)84-70-66(79)64(77)63(76)60(55-72)82-70/h18,20,36,38,43,45,51,53,58-61,63-70,72-74,76-80H,3-17,19,21-35,37,39-42,44,46-50,52,54-57H2,1-2H3,(H,71,75)/b20-18-,38-36+,45-43+,53-51+. The first-order chi connectivity index (χ1) is 41.1. The molecule has 9 N–H and O–H groups in total. The molecule has 0 aromatic carbocycles. The molecule has 12 atom stereocenters. The van der Waals surface area contributed by atoms with Crippen LogP contribution in [0, 0.1) is 0 Å². The van der Waals surface area contributed by atoms with Gasteiger partial charge in [-0.2, -0.15) is 0 Å². The largest absolute Gasteiger partial charge is 0.394 e. The minimum atomic E-state index is -1.79. The number of hydrogen-bond acceptors (Lipinski definition) is 13. The van der Waals surface area contributed by atoms with Crippen LogP contribution >= 0.6 is 0 Å². The Balaban J connectivity index is 1.68. The van der Waals surface area contributed by atoms with Crippen molar-refractivity contribution < 1.29 is 64.6 Å². The van der Waals surface area contributed by atoms with Gasteiger partial charge in [0.05, 0.1) is 32.0 Å². The Kier molecular flexibility index (Phi) is 51.1. The van der Waals surface area contributed by atoms with Crippen LogP contribution in [0.4, 0.5) is 0 Å². The number of aliphatic hydroxyl groups excluding tert-OH is 8. The van der Waals surface area contributed by atoms with E-state index in [-0.39, 0.29) is 18.9 Å². The molecule has 0 saturated carbocycles. The normalized spacial score (nSPS) is 23.9. The fourth-order valence-electron chi connectivity index (χ4n) is 11.4. The molecule has 2 fully saturated rings. The summed E-state index contributed by atoms with van der Waals surface area (Å²) in [6.45, 7) is 2.80. The van der Waals surface area contributed by atoms with Crippen molar-refractivity contribution >= 4 is 5.91 Å². The number of aliphatic hydroxyl groups is 8. The van der Waals surface area contributed by atoms with E-state index in [4.69, 9.17) is 18.9 Å². The summed E-state index contributed by atoms with van der Waals surface area (Å²) in [6, 6.07) is -0.942. The average Bonchev–Trinajstić information content (AvgIpc) is 3.18. The fourth-order valence-corrected chi connectivity index (χ4v) is 11.4.